The number of amides is 1. The number of methoxy groups -OCH3 is 1. The molecule has 0 atom stereocenters. The zero-order chi connectivity index (χ0) is 26.4. The van der Waals surface area contributed by atoms with Gasteiger partial charge in [-0.05, 0) is 49.2 Å². The third-order valence-electron chi connectivity index (χ3n) is 7.84. The van der Waals surface area contributed by atoms with E-state index in [0.717, 1.165) is 56.8 Å². The number of nitrogens with one attached hydrogen (secondary N) is 1. The third kappa shape index (κ3) is 4.44. The Bertz CT molecular complexity index is 1390. The fourth-order valence-electron chi connectivity index (χ4n) is 5.40. The number of halogens is 1. The highest BCUT2D eigenvalue weighted by Gasteiger charge is 2.57. The van der Waals surface area contributed by atoms with Gasteiger partial charge in [0, 0.05) is 39.8 Å². The second-order valence-corrected chi connectivity index (χ2v) is 10.7. The molecule has 1 amide bonds. The predicted octanol–water partition coefficient (Wildman–Crippen LogP) is 4.50. The van der Waals surface area contributed by atoms with Gasteiger partial charge < -0.3 is 24.6 Å². The summed E-state index contributed by atoms with van der Waals surface area (Å²) in [5.41, 5.74) is 3.30. The minimum atomic E-state index is -0.193. The van der Waals surface area contributed by atoms with Crippen LogP contribution in [-0.2, 0) is 12.1 Å². The lowest BCUT2D eigenvalue weighted by Crippen LogP contribution is -2.43. The van der Waals surface area contributed by atoms with E-state index in [4.69, 9.17) is 21.1 Å². The first-order valence-electron chi connectivity index (χ1n) is 12.8. The van der Waals surface area contributed by atoms with Gasteiger partial charge in [-0.2, -0.15) is 4.98 Å². The number of hydrogen-bond acceptors (Lipinski definition) is 8. The Labute approximate surface area is 227 Å². The first kappa shape index (κ1) is 24.9. The van der Waals surface area contributed by atoms with E-state index in [2.05, 4.69) is 38.2 Å². The molecule has 1 spiro atoms. The van der Waals surface area contributed by atoms with Gasteiger partial charge in [-0.15, -0.1) is 0 Å². The fourth-order valence-corrected chi connectivity index (χ4v) is 5.53. The van der Waals surface area contributed by atoms with Crippen LogP contribution >= 0.6 is 11.6 Å². The molecule has 3 aromatic rings. The van der Waals surface area contributed by atoms with Crippen molar-refractivity contribution < 1.29 is 14.3 Å². The second-order valence-electron chi connectivity index (χ2n) is 10.3. The highest BCUT2D eigenvalue weighted by atomic mass is 35.5. The number of aromatic nitrogens is 2. The summed E-state index contributed by atoms with van der Waals surface area (Å²) in [7, 11) is 5.65. The molecule has 2 aromatic carbocycles. The molecule has 9 nitrogen and oxygen atoms in total. The minimum absolute atomic E-state index is 0.0435. The van der Waals surface area contributed by atoms with E-state index in [-0.39, 0.29) is 22.3 Å². The zero-order valence-corrected chi connectivity index (χ0v) is 22.6. The van der Waals surface area contributed by atoms with Crippen LogP contribution in [0.3, 0.4) is 0 Å². The molecule has 3 aliphatic rings. The molecule has 2 aliphatic heterocycles. The second kappa shape index (κ2) is 9.72. The molecular formula is C28H31ClN6O3. The molecule has 1 saturated carbocycles. The van der Waals surface area contributed by atoms with Gasteiger partial charge in [0.25, 0.3) is 5.91 Å². The third-order valence-corrected chi connectivity index (χ3v) is 8.10. The summed E-state index contributed by atoms with van der Waals surface area (Å²) in [5, 5.41) is 3.48. The number of carbonyl (C=O) groups is 1. The zero-order valence-electron chi connectivity index (χ0n) is 21.8. The summed E-state index contributed by atoms with van der Waals surface area (Å²) in [6.07, 6.45) is 3.41. The summed E-state index contributed by atoms with van der Waals surface area (Å²) >= 11 is 6.41. The number of nitrogens with zero attached hydrogens (tertiary/aromatic N) is 5. The van der Waals surface area contributed by atoms with Crippen molar-refractivity contribution in [1.29, 1.82) is 0 Å². The van der Waals surface area contributed by atoms with Crippen LogP contribution in [0.1, 0.15) is 34.3 Å². The molecule has 198 valence electrons. The van der Waals surface area contributed by atoms with Gasteiger partial charge in [0.2, 0.25) is 11.8 Å². The van der Waals surface area contributed by atoms with E-state index in [1.54, 1.807) is 13.2 Å². The molecule has 0 bridgehead atoms. The molecular weight excluding hydrogens is 504 g/mol. The maximum absolute atomic E-state index is 13.0. The molecule has 1 N–H and O–H groups in total. The Morgan fingerprint density at radius 2 is 1.87 bits per heavy atom. The lowest BCUT2D eigenvalue weighted by molar-refractivity contribution is 0.0753. The molecule has 6 rings (SSSR count). The normalized spacial score (nSPS) is 18.5. The molecule has 3 heterocycles. The van der Waals surface area contributed by atoms with Crippen LogP contribution in [0.5, 0.6) is 17.4 Å². The smallest absolute Gasteiger partial charge is 0.258 e. The van der Waals surface area contributed by atoms with Gasteiger partial charge in [0.1, 0.15) is 16.5 Å². The van der Waals surface area contributed by atoms with E-state index in [9.17, 15) is 4.79 Å². The summed E-state index contributed by atoms with van der Waals surface area (Å²) < 4.78 is 11.8. The highest BCUT2D eigenvalue weighted by Crippen LogP contribution is 2.57. The number of piperazine rings is 1. The number of likely N-dealkylation sites (N-methyl/N-ethyl adjacent to an activating group) is 1. The monoisotopic (exact) mass is 534 g/mol. The molecule has 2 fully saturated rings. The summed E-state index contributed by atoms with van der Waals surface area (Å²) in [6.45, 7) is 5.12. The van der Waals surface area contributed by atoms with Gasteiger partial charge in [-0.3, -0.25) is 9.69 Å². The Balaban J connectivity index is 1.21. The van der Waals surface area contributed by atoms with Crippen molar-refractivity contribution in [2.24, 2.45) is 0 Å². The SMILES string of the molecule is COc1cc(CN2CCN(C)CC2)ccc1Nc1ncc(Cl)c(Oc2cccc3c2C(=O)N(C)C32CC2)n1. The van der Waals surface area contributed by atoms with Crippen LogP contribution in [0.2, 0.25) is 5.02 Å². The Kier molecular flexibility index (Phi) is 6.37. The maximum Gasteiger partial charge on any atom is 0.258 e. The Hall–Kier alpha value is -3.40. The predicted molar refractivity (Wildman–Crippen MR) is 146 cm³/mol. The summed E-state index contributed by atoms with van der Waals surface area (Å²) in [6, 6.07) is 11.8. The highest BCUT2D eigenvalue weighted by molar-refractivity contribution is 6.31. The lowest BCUT2D eigenvalue weighted by atomic mass is 10.0. The van der Waals surface area contributed by atoms with E-state index >= 15 is 0 Å². The number of fused-ring (bicyclic) bond motifs is 2. The first-order chi connectivity index (χ1) is 18.4. The van der Waals surface area contributed by atoms with Gasteiger partial charge in [0.05, 0.1) is 30.1 Å². The lowest BCUT2D eigenvalue weighted by Gasteiger charge is -2.32. The largest absolute Gasteiger partial charge is 0.495 e. The van der Waals surface area contributed by atoms with Crippen molar-refractivity contribution in [3.63, 3.8) is 0 Å². The number of rotatable bonds is 7. The van der Waals surface area contributed by atoms with Gasteiger partial charge in [0.15, 0.2) is 0 Å². The van der Waals surface area contributed by atoms with E-state index in [1.807, 2.05) is 36.2 Å². The summed E-state index contributed by atoms with van der Waals surface area (Å²) in [5.74, 6) is 1.58. The van der Waals surface area contributed by atoms with Crippen molar-refractivity contribution in [1.82, 2.24) is 24.7 Å². The Morgan fingerprint density at radius 3 is 2.61 bits per heavy atom. The molecule has 10 heteroatoms. The van der Waals surface area contributed by atoms with Gasteiger partial charge >= 0.3 is 0 Å². The van der Waals surface area contributed by atoms with Crippen molar-refractivity contribution in [2.45, 2.75) is 24.9 Å². The molecule has 1 aliphatic carbocycles. The van der Waals surface area contributed by atoms with Crippen LogP contribution in [0.4, 0.5) is 11.6 Å². The van der Waals surface area contributed by atoms with Crippen molar-refractivity contribution in [3.05, 3.63) is 64.3 Å². The topological polar surface area (TPSA) is 83.1 Å². The number of ether oxygens (including phenoxy) is 2. The minimum Gasteiger partial charge on any atom is -0.495 e. The molecule has 0 radical (unpaired) electrons. The van der Waals surface area contributed by atoms with Crippen molar-refractivity contribution in [3.8, 4) is 17.4 Å². The van der Waals surface area contributed by atoms with Crippen LogP contribution in [0.15, 0.2) is 42.6 Å². The molecule has 38 heavy (non-hydrogen) atoms. The fraction of sp³-hybridized carbons (Fsp3) is 0.393. The van der Waals surface area contributed by atoms with Crippen LogP contribution in [0.25, 0.3) is 0 Å². The van der Waals surface area contributed by atoms with Crippen LogP contribution < -0.4 is 14.8 Å². The number of carbonyl (C=O) groups excluding carboxylic acids is 1. The van der Waals surface area contributed by atoms with Crippen LogP contribution in [0, 0.1) is 0 Å². The quantitative estimate of drug-likeness (QED) is 0.474. The van der Waals surface area contributed by atoms with E-state index in [1.165, 1.54) is 11.8 Å². The first-order valence-corrected chi connectivity index (χ1v) is 13.2. The standard InChI is InChI=1S/C28H31ClN6O3/c1-33-11-13-35(14-12-33)17-18-7-8-21(23(15-18)37-3)31-27-30-16-20(29)25(32-27)38-22-6-4-5-19-24(22)26(36)34(2)28(19)9-10-28/h4-8,15-16H,9-14,17H2,1-3H3,(H,30,31,32). The van der Waals surface area contributed by atoms with Gasteiger partial charge in [-0.25, -0.2) is 4.98 Å². The molecule has 1 saturated heterocycles. The molecule has 0 unspecified atom stereocenters. The van der Waals surface area contributed by atoms with Gasteiger partial charge in [-0.1, -0.05) is 29.8 Å². The number of anilines is 2. The van der Waals surface area contributed by atoms with Crippen LogP contribution in [-0.4, -0.2) is 78.0 Å². The summed E-state index contributed by atoms with van der Waals surface area (Å²) in [4.78, 5) is 28.5. The van der Waals surface area contributed by atoms with Crippen molar-refractivity contribution >= 4 is 29.1 Å². The number of hydrogen-bond donors (Lipinski definition) is 1. The maximum atomic E-state index is 13.0. The number of benzene rings is 2. The van der Waals surface area contributed by atoms with E-state index in [0.29, 0.717) is 23.0 Å². The Morgan fingerprint density at radius 1 is 1.08 bits per heavy atom. The van der Waals surface area contributed by atoms with Crippen molar-refractivity contribution in [2.75, 3.05) is 52.7 Å². The average molecular weight is 535 g/mol. The van der Waals surface area contributed by atoms with E-state index < -0.39 is 0 Å². The average Bonchev–Trinajstić information content (AvgIpc) is 3.70. The molecule has 1 aromatic heterocycles.